The van der Waals surface area contributed by atoms with E-state index in [-0.39, 0.29) is 19.2 Å². The van der Waals surface area contributed by atoms with Crippen LogP contribution in [0, 0.1) is 0 Å². The Kier molecular flexibility index (Phi) is 19.4. The molecular formula is C23H38O4. The molecule has 4 nitrogen and oxygen atoms in total. The molecule has 27 heavy (non-hydrogen) atoms. The van der Waals surface area contributed by atoms with Crippen molar-refractivity contribution in [3.8, 4) is 0 Å². The summed E-state index contributed by atoms with van der Waals surface area (Å²) in [6.07, 6.45) is 26.2. The first kappa shape index (κ1) is 25.4. The minimum absolute atomic E-state index is 0.124. The Balaban J connectivity index is 3.41. The van der Waals surface area contributed by atoms with Crippen molar-refractivity contribution in [1.29, 1.82) is 0 Å². The Morgan fingerprint density at radius 3 is 2.00 bits per heavy atom. The van der Waals surface area contributed by atoms with Gasteiger partial charge >= 0.3 is 5.97 Å². The molecule has 0 bridgehead atoms. The minimum Gasteiger partial charge on any atom is -0.463 e. The van der Waals surface area contributed by atoms with E-state index in [1.165, 1.54) is 0 Å². The van der Waals surface area contributed by atoms with Crippen molar-refractivity contribution in [2.75, 3.05) is 13.2 Å². The van der Waals surface area contributed by atoms with E-state index in [1.54, 1.807) is 0 Å². The van der Waals surface area contributed by atoms with Gasteiger partial charge in [0.1, 0.15) is 12.7 Å². The molecular weight excluding hydrogens is 340 g/mol. The van der Waals surface area contributed by atoms with Gasteiger partial charge in [-0.3, -0.25) is 4.79 Å². The zero-order valence-corrected chi connectivity index (χ0v) is 16.9. The number of aliphatic hydroxyl groups excluding tert-OH is 2. The summed E-state index contributed by atoms with van der Waals surface area (Å²) in [7, 11) is 0. The van der Waals surface area contributed by atoms with Crippen molar-refractivity contribution in [3.05, 3.63) is 48.6 Å². The van der Waals surface area contributed by atoms with Gasteiger partial charge < -0.3 is 14.9 Å². The average Bonchev–Trinajstić information content (AvgIpc) is 2.68. The van der Waals surface area contributed by atoms with Crippen molar-refractivity contribution < 1.29 is 19.7 Å². The Hall–Kier alpha value is -1.65. The highest BCUT2D eigenvalue weighted by Crippen LogP contribution is 2.07. The summed E-state index contributed by atoms with van der Waals surface area (Å²) in [6, 6.07) is 0. The van der Waals surface area contributed by atoms with Crippen LogP contribution in [0.5, 0.6) is 0 Å². The molecule has 0 spiro atoms. The second-order valence-corrected chi connectivity index (χ2v) is 6.47. The van der Waals surface area contributed by atoms with Gasteiger partial charge in [-0.15, -0.1) is 0 Å². The Morgan fingerprint density at radius 2 is 1.41 bits per heavy atom. The Morgan fingerprint density at radius 1 is 0.852 bits per heavy atom. The fraction of sp³-hybridized carbons (Fsp3) is 0.609. The fourth-order valence-corrected chi connectivity index (χ4v) is 2.30. The summed E-state index contributed by atoms with van der Waals surface area (Å²) < 4.78 is 4.85. The van der Waals surface area contributed by atoms with Gasteiger partial charge in [0.25, 0.3) is 0 Å². The molecule has 4 heteroatoms. The molecule has 0 heterocycles. The van der Waals surface area contributed by atoms with E-state index in [0.717, 1.165) is 57.8 Å². The molecule has 0 aliphatic carbocycles. The molecule has 0 saturated carbocycles. The third-order valence-corrected chi connectivity index (χ3v) is 3.87. The average molecular weight is 379 g/mol. The van der Waals surface area contributed by atoms with E-state index in [2.05, 4.69) is 55.5 Å². The highest BCUT2D eigenvalue weighted by molar-refractivity contribution is 5.69. The van der Waals surface area contributed by atoms with Crippen LogP contribution in [0.2, 0.25) is 0 Å². The predicted molar refractivity (Wildman–Crippen MR) is 112 cm³/mol. The van der Waals surface area contributed by atoms with E-state index in [1.807, 2.05) is 0 Å². The van der Waals surface area contributed by atoms with Crippen LogP contribution in [0.3, 0.4) is 0 Å². The third kappa shape index (κ3) is 20.5. The van der Waals surface area contributed by atoms with Gasteiger partial charge in [-0.05, 0) is 44.9 Å². The largest absolute Gasteiger partial charge is 0.463 e. The topological polar surface area (TPSA) is 66.8 Å². The predicted octanol–water partition coefficient (Wildman–Crippen LogP) is 5.03. The molecule has 0 aliphatic heterocycles. The smallest absolute Gasteiger partial charge is 0.305 e. The molecule has 2 N–H and O–H groups in total. The number of carbonyl (C=O) groups is 1. The minimum atomic E-state index is -0.972. The summed E-state index contributed by atoms with van der Waals surface area (Å²) in [5, 5.41) is 17.7. The van der Waals surface area contributed by atoms with Gasteiger partial charge in [0.2, 0.25) is 0 Å². The SMILES string of the molecule is CCC=CCC=CCC=CCC=CCCCCCCC(=O)OC[C@@H](O)CO. The quantitative estimate of drug-likeness (QED) is 0.212. The summed E-state index contributed by atoms with van der Waals surface area (Å²) >= 11 is 0. The van der Waals surface area contributed by atoms with E-state index < -0.39 is 6.10 Å². The van der Waals surface area contributed by atoms with Crippen molar-refractivity contribution in [1.82, 2.24) is 0 Å². The lowest BCUT2D eigenvalue weighted by molar-refractivity contribution is -0.147. The molecule has 0 amide bonds. The molecule has 0 radical (unpaired) electrons. The van der Waals surface area contributed by atoms with Crippen LogP contribution >= 0.6 is 0 Å². The first-order chi connectivity index (χ1) is 13.2. The lowest BCUT2D eigenvalue weighted by Crippen LogP contribution is -2.21. The van der Waals surface area contributed by atoms with E-state index >= 15 is 0 Å². The molecule has 0 unspecified atom stereocenters. The van der Waals surface area contributed by atoms with E-state index in [4.69, 9.17) is 14.9 Å². The molecule has 0 aromatic rings. The van der Waals surface area contributed by atoms with Crippen molar-refractivity contribution in [2.24, 2.45) is 0 Å². The van der Waals surface area contributed by atoms with Gasteiger partial charge in [-0.25, -0.2) is 0 Å². The lowest BCUT2D eigenvalue weighted by atomic mass is 10.1. The normalized spacial score (nSPS) is 13.4. The molecule has 0 aromatic carbocycles. The molecule has 0 aromatic heterocycles. The second kappa shape index (κ2) is 20.7. The summed E-state index contributed by atoms with van der Waals surface area (Å²) in [5.74, 6) is -0.304. The fourth-order valence-electron chi connectivity index (χ4n) is 2.30. The highest BCUT2D eigenvalue weighted by Gasteiger charge is 2.07. The second-order valence-electron chi connectivity index (χ2n) is 6.47. The monoisotopic (exact) mass is 378 g/mol. The van der Waals surface area contributed by atoms with E-state index in [0.29, 0.717) is 6.42 Å². The maximum Gasteiger partial charge on any atom is 0.305 e. The molecule has 154 valence electrons. The van der Waals surface area contributed by atoms with Crippen LogP contribution in [0.1, 0.15) is 71.1 Å². The number of carbonyl (C=O) groups excluding carboxylic acids is 1. The molecule has 1 atom stereocenters. The van der Waals surface area contributed by atoms with Crippen LogP contribution in [0.4, 0.5) is 0 Å². The van der Waals surface area contributed by atoms with Gasteiger partial charge in [0.05, 0.1) is 6.61 Å². The molecule has 0 saturated heterocycles. The zero-order chi connectivity index (χ0) is 20.0. The van der Waals surface area contributed by atoms with Crippen molar-refractivity contribution in [2.45, 2.75) is 77.2 Å². The Labute approximate surface area is 165 Å². The van der Waals surface area contributed by atoms with E-state index in [9.17, 15) is 4.79 Å². The number of esters is 1. The summed E-state index contributed by atoms with van der Waals surface area (Å²) in [5.41, 5.74) is 0. The lowest BCUT2D eigenvalue weighted by Gasteiger charge is -2.08. The Bertz CT molecular complexity index is 449. The van der Waals surface area contributed by atoms with Gasteiger partial charge in [0.15, 0.2) is 0 Å². The number of allylic oxidation sites excluding steroid dienone is 8. The summed E-state index contributed by atoms with van der Waals surface area (Å²) in [6.45, 7) is 1.64. The number of hydrogen-bond acceptors (Lipinski definition) is 4. The number of hydrogen-bond donors (Lipinski definition) is 2. The number of ether oxygens (including phenoxy) is 1. The van der Waals surface area contributed by atoms with Crippen molar-refractivity contribution >= 4 is 5.97 Å². The third-order valence-electron chi connectivity index (χ3n) is 3.87. The van der Waals surface area contributed by atoms with Crippen LogP contribution < -0.4 is 0 Å². The molecule has 0 fully saturated rings. The van der Waals surface area contributed by atoms with Crippen LogP contribution in [0.25, 0.3) is 0 Å². The highest BCUT2D eigenvalue weighted by atomic mass is 16.5. The maximum absolute atomic E-state index is 11.4. The maximum atomic E-state index is 11.4. The molecule has 0 aliphatic rings. The first-order valence-electron chi connectivity index (χ1n) is 10.2. The van der Waals surface area contributed by atoms with Crippen LogP contribution in [-0.4, -0.2) is 35.5 Å². The number of aliphatic hydroxyl groups is 2. The van der Waals surface area contributed by atoms with Crippen LogP contribution in [0.15, 0.2) is 48.6 Å². The summed E-state index contributed by atoms with van der Waals surface area (Å²) in [4.78, 5) is 11.4. The van der Waals surface area contributed by atoms with Gasteiger partial charge in [0, 0.05) is 6.42 Å². The van der Waals surface area contributed by atoms with Gasteiger partial charge in [-0.1, -0.05) is 68.4 Å². The zero-order valence-electron chi connectivity index (χ0n) is 16.9. The molecule has 0 rings (SSSR count). The van der Waals surface area contributed by atoms with Crippen LogP contribution in [-0.2, 0) is 9.53 Å². The standard InChI is InChI=1S/C23H38O4/c1-2-3-4-5-6-7-8-9-10-11-12-13-14-15-16-17-18-19-23(26)27-21-22(25)20-24/h3-4,6-7,9-10,12-13,22,24-25H,2,5,8,11,14-21H2,1H3/t22-/m0/s1. The number of unbranched alkanes of at least 4 members (excludes halogenated alkanes) is 4. The van der Waals surface area contributed by atoms with Gasteiger partial charge in [-0.2, -0.15) is 0 Å². The number of rotatable bonds is 17. The first-order valence-corrected chi connectivity index (χ1v) is 10.2. The van der Waals surface area contributed by atoms with Crippen molar-refractivity contribution in [3.63, 3.8) is 0 Å².